The first-order valence-corrected chi connectivity index (χ1v) is 2.41. The molecule has 0 aliphatic rings. The Kier molecular flexibility index (Phi) is 3.19. The van der Waals surface area contributed by atoms with Gasteiger partial charge in [-0.1, -0.05) is 0 Å². The topological polar surface area (TPSA) is 54.4 Å². The molecular formula is C4H5ClO3. The molecule has 3 nitrogen and oxygen atoms in total. The predicted octanol–water partition coefficient (Wildman–Crippen LogP) is 0.617. The first-order chi connectivity index (χ1) is 3.63. The highest BCUT2D eigenvalue weighted by atomic mass is 35.5. The van der Waals surface area contributed by atoms with Crippen molar-refractivity contribution in [3.8, 4) is 0 Å². The van der Waals surface area contributed by atoms with Crippen molar-refractivity contribution in [1.82, 2.24) is 0 Å². The molecule has 0 spiro atoms. The van der Waals surface area contributed by atoms with E-state index in [1.165, 1.54) is 0 Å². The van der Waals surface area contributed by atoms with Crippen LogP contribution in [0.25, 0.3) is 0 Å². The van der Waals surface area contributed by atoms with Gasteiger partial charge in [0.05, 0.1) is 6.42 Å². The summed E-state index contributed by atoms with van der Waals surface area (Å²) in [6.07, 6.45) is -0.265. The molecule has 0 radical (unpaired) electrons. The van der Waals surface area contributed by atoms with Crippen molar-refractivity contribution in [2.24, 2.45) is 0 Å². The Hall–Kier alpha value is -0.570. The molecule has 0 amide bonds. The number of hydrogen-bond acceptors (Lipinski definition) is 2. The minimum absolute atomic E-state index is 0.0864. The van der Waals surface area contributed by atoms with Crippen LogP contribution in [0, 0.1) is 0 Å². The van der Waals surface area contributed by atoms with Crippen LogP contribution < -0.4 is 0 Å². The smallest absolute Gasteiger partial charge is 0.303 e. The Morgan fingerprint density at radius 1 is 1.38 bits per heavy atom. The molecule has 0 aromatic rings. The summed E-state index contributed by atoms with van der Waals surface area (Å²) < 4.78 is 0. The van der Waals surface area contributed by atoms with Crippen LogP contribution in [0.5, 0.6) is 0 Å². The second-order valence-electron chi connectivity index (χ2n) is 1.25. The van der Waals surface area contributed by atoms with Crippen molar-refractivity contribution in [2.75, 3.05) is 0 Å². The molecule has 0 atom stereocenters. The predicted molar refractivity (Wildman–Crippen MR) is 27.7 cm³/mol. The van der Waals surface area contributed by atoms with E-state index in [2.05, 4.69) is 0 Å². The van der Waals surface area contributed by atoms with E-state index < -0.39 is 11.2 Å². The number of hydrogen-bond donors (Lipinski definition) is 1. The van der Waals surface area contributed by atoms with Gasteiger partial charge >= 0.3 is 5.97 Å². The van der Waals surface area contributed by atoms with Gasteiger partial charge in [0.1, 0.15) is 0 Å². The van der Waals surface area contributed by atoms with Gasteiger partial charge in [-0.2, -0.15) is 0 Å². The first-order valence-electron chi connectivity index (χ1n) is 2.03. The van der Waals surface area contributed by atoms with E-state index in [4.69, 9.17) is 16.7 Å². The van der Waals surface area contributed by atoms with E-state index in [0.717, 1.165) is 0 Å². The molecule has 0 saturated heterocycles. The van der Waals surface area contributed by atoms with Crippen molar-refractivity contribution in [2.45, 2.75) is 12.8 Å². The lowest BCUT2D eigenvalue weighted by Gasteiger charge is -1.84. The lowest BCUT2D eigenvalue weighted by atomic mass is 10.3. The average Bonchev–Trinajstić information content (AvgIpc) is 1.61. The summed E-state index contributed by atoms with van der Waals surface area (Å²) in [4.78, 5) is 19.5. The SMILES string of the molecule is O=C(O)CCC(=O)Cl. The molecule has 0 aromatic heterocycles. The summed E-state index contributed by atoms with van der Waals surface area (Å²) >= 11 is 4.82. The zero-order valence-corrected chi connectivity index (χ0v) is 4.81. The fourth-order valence-corrected chi connectivity index (χ4v) is 0.300. The zero-order chi connectivity index (χ0) is 6.57. The third kappa shape index (κ3) is 5.43. The van der Waals surface area contributed by atoms with Crippen LogP contribution in [0.2, 0.25) is 0 Å². The van der Waals surface area contributed by atoms with Crippen LogP contribution >= 0.6 is 11.6 Å². The van der Waals surface area contributed by atoms with Gasteiger partial charge in [0, 0.05) is 6.42 Å². The Bertz CT molecular complexity index is 95.9. The van der Waals surface area contributed by atoms with E-state index in [-0.39, 0.29) is 12.8 Å². The van der Waals surface area contributed by atoms with Gasteiger partial charge < -0.3 is 5.11 Å². The fraction of sp³-hybridized carbons (Fsp3) is 0.500. The van der Waals surface area contributed by atoms with Gasteiger partial charge in [-0.3, -0.25) is 9.59 Å². The number of rotatable bonds is 3. The molecule has 8 heavy (non-hydrogen) atoms. The summed E-state index contributed by atoms with van der Waals surface area (Å²) in [6.45, 7) is 0. The molecule has 0 aliphatic heterocycles. The summed E-state index contributed by atoms with van der Waals surface area (Å²) in [5.74, 6) is -1.00. The van der Waals surface area contributed by atoms with Crippen molar-refractivity contribution >= 4 is 22.8 Å². The standard InChI is InChI=1S/C4H5ClO3/c5-3(6)1-2-4(7)8/h1-2H2,(H,7,8). The number of aliphatic carboxylic acids is 1. The molecule has 0 heterocycles. The molecule has 0 aromatic carbocycles. The largest absolute Gasteiger partial charge is 0.481 e. The highest BCUT2D eigenvalue weighted by molar-refractivity contribution is 6.63. The molecule has 0 aliphatic carbocycles. The Morgan fingerprint density at radius 2 is 1.88 bits per heavy atom. The van der Waals surface area contributed by atoms with Gasteiger partial charge in [0.25, 0.3) is 0 Å². The Morgan fingerprint density at radius 3 is 2.00 bits per heavy atom. The summed E-state index contributed by atoms with van der Waals surface area (Å²) in [5, 5.41) is 7.35. The minimum atomic E-state index is -1.00. The molecule has 4 heteroatoms. The molecule has 1 N–H and O–H groups in total. The van der Waals surface area contributed by atoms with E-state index >= 15 is 0 Å². The highest BCUT2D eigenvalue weighted by Crippen LogP contribution is 1.92. The van der Waals surface area contributed by atoms with Crippen molar-refractivity contribution in [1.29, 1.82) is 0 Å². The summed E-state index contributed by atoms with van der Waals surface area (Å²) in [5.41, 5.74) is 0. The number of halogens is 1. The molecule has 0 bridgehead atoms. The molecular weight excluding hydrogens is 131 g/mol. The maximum Gasteiger partial charge on any atom is 0.303 e. The van der Waals surface area contributed by atoms with Gasteiger partial charge in [-0.25, -0.2) is 0 Å². The third-order valence-corrected chi connectivity index (χ3v) is 0.724. The monoisotopic (exact) mass is 136 g/mol. The fourth-order valence-electron chi connectivity index (χ4n) is 0.205. The first kappa shape index (κ1) is 7.43. The molecule has 0 rings (SSSR count). The van der Waals surface area contributed by atoms with Crippen LogP contribution in [0.3, 0.4) is 0 Å². The van der Waals surface area contributed by atoms with Crippen LogP contribution in [0.1, 0.15) is 12.8 Å². The second-order valence-corrected chi connectivity index (χ2v) is 1.67. The van der Waals surface area contributed by atoms with Gasteiger partial charge in [0.15, 0.2) is 0 Å². The van der Waals surface area contributed by atoms with E-state index in [9.17, 15) is 9.59 Å². The summed E-state index contributed by atoms with van der Waals surface area (Å²) in [6, 6.07) is 0. The van der Waals surface area contributed by atoms with Gasteiger partial charge in [0.2, 0.25) is 5.24 Å². The number of carbonyl (C=O) groups is 2. The maximum atomic E-state index is 9.85. The lowest BCUT2D eigenvalue weighted by Crippen LogP contribution is -1.96. The van der Waals surface area contributed by atoms with Crippen LogP contribution in [0.4, 0.5) is 0 Å². The van der Waals surface area contributed by atoms with Crippen molar-refractivity contribution in [3.05, 3.63) is 0 Å². The zero-order valence-electron chi connectivity index (χ0n) is 4.06. The van der Waals surface area contributed by atoms with Crippen LogP contribution in [-0.4, -0.2) is 16.3 Å². The Labute approximate surface area is 51.3 Å². The van der Waals surface area contributed by atoms with Gasteiger partial charge in [-0.15, -0.1) is 0 Å². The second kappa shape index (κ2) is 3.43. The molecule has 0 saturated carbocycles. The van der Waals surface area contributed by atoms with E-state index in [0.29, 0.717) is 0 Å². The lowest BCUT2D eigenvalue weighted by molar-refractivity contribution is -0.138. The average molecular weight is 137 g/mol. The molecule has 0 unspecified atom stereocenters. The quantitative estimate of drug-likeness (QED) is 0.579. The minimum Gasteiger partial charge on any atom is -0.481 e. The van der Waals surface area contributed by atoms with Crippen molar-refractivity contribution < 1.29 is 14.7 Å². The highest BCUT2D eigenvalue weighted by Gasteiger charge is 1.99. The van der Waals surface area contributed by atoms with E-state index in [1.54, 1.807) is 0 Å². The number of carboxylic acids is 1. The Balaban J connectivity index is 3.18. The van der Waals surface area contributed by atoms with Crippen LogP contribution in [-0.2, 0) is 9.59 Å². The van der Waals surface area contributed by atoms with E-state index in [1.807, 2.05) is 0 Å². The molecule has 0 fully saturated rings. The van der Waals surface area contributed by atoms with Crippen LogP contribution in [0.15, 0.2) is 0 Å². The molecule has 46 valence electrons. The number of carboxylic acid groups (broad SMARTS) is 1. The normalized spacial score (nSPS) is 8.62. The number of carbonyl (C=O) groups excluding carboxylic acids is 1. The summed E-state index contributed by atoms with van der Waals surface area (Å²) in [7, 11) is 0. The maximum absolute atomic E-state index is 9.85. The third-order valence-electron chi connectivity index (χ3n) is 0.535. The van der Waals surface area contributed by atoms with Gasteiger partial charge in [-0.05, 0) is 11.6 Å². The van der Waals surface area contributed by atoms with Crippen molar-refractivity contribution in [3.63, 3.8) is 0 Å².